The summed E-state index contributed by atoms with van der Waals surface area (Å²) in [6.07, 6.45) is 12.4. The van der Waals surface area contributed by atoms with Gasteiger partial charge in [-0.3, -0.25) is 4.90 Å². The Bertz CT molecular complexity index is 1450. The molecule has 3 heterocycles. The highest BCUT2D eigenvalue weighted by molar-refractivity contribution is 6.07. The fraction of sp³-hybridized carbons (Fsp3) is 0.684. The van der Waals surface area contributed by atoms with Crippen molar-refractivity contribution >= 4 is 33.4 Å². The number of anilines is 2. The number of unbranched alkanes of at least 4 members (excludes halogenated alkanes) is 2. The number of nitrogen functional groups attached to an aromatic ring is 1. The molecular weight excluding hydrogens is 570 g/mol. The molecule has 4 N–H and O–H groups in total. The minimum atomic E-state index is -0.123. The number of pyridine rings is 1. The van der Waals surface area contributed by atoms with Gasteiger partial charge in [-0.15, -0.1) is 0 Å². The van der Waals surface area contributed by atoms with Crippen molar-refractivity contribution in [1.82, 2.24) is 25.2 Å². The van der Waals surface area contributed by atoms with E-state index in [0.29, 0.717) is 5.82 Å². The molecule has 1 fully saturated rings. The molecule has 1 saturated heterocycles. The molecule has 0 bridgehead atoms. The van der Waals surface area contributed by atoms with Gasteiger partial charge in [0.25, 0.3) is 0 Å². The summed E-state index contributed by atoms with van der Waals surface area (Å²) in [5.74, 6) is 1.52. The van der Waals surface area contributed by atoms with E-state index in [1.807, 2.05) is 7.11 Å². The number of ether oxygens (including phenoxy) is 1. The van der Waals surface area contributed by atoms with Crippen LogP contribution in [-0.2, 0) is 11.2 Å². The Kier molecular flexibility index (Phi) is 12.0. The van der Waals surface area contributed by atoms with Gasteiger partial charge in [0.2, 0.25) is 0 Å². The summed E-state index contributed by atoms with van der Waals surface area (Å²) in [6.45, 7) is 23.5. The van der Waals surface area contributed by atoms with E-state index in [1.165, 1.54) is 30.6 Å². The van der Waals surface area contributed by atoms with Crippen molar-refractivity contribution in [2.24, 2.45) is 5.41 Å². The largest absolute Gasteiger partial charge is 0.384 e. The Balaban J connectivity index is 1.42. The molecule has 1 aromatic carbocycles. The zero-order valence-corrected chi connectivity index (χ0v) is 30.5. The molecule has 2 aromatic heterocycles. The van der Waals surface area contributed by atoms with Crippen LogP contribution in [0.4, 0.5) is 11.5 Å². The van der Waals surface area contributed by atoms with Crippen molar-refractivity contribution in [1.29, 1.82) is 0 Å². The summed E-state index contributed by atoms with van der Waals surface area (Å²) in [5, 5.41) is 5.05. The molecule has 4 rings (SSSR count). The second-order valence-electron chi connectivity index (χ2n) is 15.6. The minimum absolute atomic E-state index is 0.0859. The number of hydrogen-bond acceptors (Lipinski definition) is 7. The van der Waals surface area contributed by atoms with Gasteiger partial charge in [0.1, 0.15) is 22.7 Å². The van der Waals surface area contributed by atoms with Crippen LogP contribution in [0, 0.1) is 5.41 Å². The third-order valence-electron chi connectivity index (χ3n) is 9.70. The number of aromatic amines is 1. The van der Waals surface area contributed by atoms with Gasteiger partial charge in [0.15, 0.2) is 0 Å². The molecule has 1 aliphatic rings. The van der Waals surface area contributed by atoms with Crippen molar-refractivity contribution in [2.45, 2.75) is 124 Å². The highest BCUT2D eigenvalue weighted by Crippen LogP contribution is 2.34. The lowest BCUT2D eigenvalue weighted by atomic mass is 9.79. The van der Waals surface area contributed by atoms with Crippen LogP contribution in [0.3, 0.4) is 0 Å². The SMILES string of the molecule is CCCCc1nc2c([nH]1)c(N)nc1ccc(N3CCN(CC/C(=C/CC(C)(C)CC(C)(C)OC)NC(C)(C)CCCC)CC3)cc12. The number of rotatable bonds is 17. The highest BCUT2D eigenvalue weighted by Gasteiger charge is 2.28. The van der Waals surface area contributed by atoms with Gasteiger partial charge < -0.3 is 25.7 Å². The number of aryl methyl sites for hydroxylation is 1. The zero-order valence-electron chi connectivity index (χ0n) is 30.5. The molecule has 0 atom stereocenters. The number of nitrogens with zero attached hydrogens (tertiary/aromatic N) is 4. The smallest absolute Gasteiger partial charge is 0.150 e. The number of imidazole rings is 1. The molecule has 0 aliphatic carbocycles. The monoisotopic (exact) mass is 634 g/mol. The lowest BCUT2D eigenvalue weighted by Gasteiger charge is -2.37. The Morgan fingerprint density at radius 2 is 1.74 bits per heavy atom. The fourth-order valence-corrected chi connectivity index (χ4v) is 6.99. The van der Waals surface area contributed by atoms with Crippen LogP contribution in [-0.4, -0.2) is 70.8 Å². The number of fused-ring (bicyclic) bond motifs is 3. The first-order chi connectivity index (χ1) is 21.7. The van der Waals surface area contributed by atoms with Gasteiger partial charge in [0.05, 0.1) is 11.1 Å². The number of methoxy groups -OCH3 is 1. The second kappa shape index (κ2) is 15.4. The average molecular weight is 634 g/mol. The lowest BCUT2D eigenvalue weighted by molar-refractivity contribution is -0.0124. The topological polar surface area (TPSA) is 95.3 Å². The quantitative estimate of drug-likeness (QED) is 0.138. The molecule has 0 unspecified atom stereocenters. The predicted molar refractivity (Wildman–Crippen MR) is 197 cm³/mol. The number of nitrogens with two attached hydrogens (primary N) is 1. The lowest BCUT2D eigenvalue weighted by Crippen LogP contribution is -2.47. The van der Waals surface area contributed by atoms with Gasteiger partial charge in [-0.1, -0.05) is 53.0 Å². The van der Waals surface area contributed by atoms with E-state index in [9.17, 15) is 0 Å². The molecule has 3 aromatic rings. The summed E-state index contributed by atoms with van der Waals surface area (Å²) in [7, 11) is 1.82. The summed E-state index contributed by atoms with van der Waals surface area (Å²) >= 11 is 0. The summed E-state index contributed by atoms with van der Waals surface area (Å²) < 4.78 is 5.77. The average Bonchev–Trinajstić information content (AvgIpc) is 3.45. The molecule has 8 heteroatoms. The van der Waals surface area contributed by atoms with Gasteiger partial charge in [-0.05, 0) is 83.4 Å². The summed E-state index contributed by atoms with van der Waals surface area (Å²) in [6, 6.07) is 6.56. The van der Waals surface area contributed by atoms with Crippen LogP contribution < -0.4 is 16.0 Å². The predicted octanol–water partition coefficient (Wildman–Crippen LogP) is 8.22. The maximum absolute atomic E-state index is 6.32. The van der Waals surface area contributed by atoms with Gasteiger partial charge in [-0.25, -0.2) is 9.97 Å². The zero-order chi connectivity index (χ0) is 33.5. The van der Waals surface area contributed by atoms with Crippen LogP contribution >= 0.6 is 0 Å². The van der Waals surface area contributed by atoms with E-state index in [4.69, 9.17) is 20.4 Å². The van der Waals surface area contributed by atoms with Gasteiger partial charge >= 0.3 is 0 Å². The van der Waals surface area contributed by atoms with Crippen molar-refractivity contribution in [3.63, 3.8) is 0 Å². The first kappa shape index (κ1) is 36.0. The number of allylic oxidation sites excluding steroid dienone is 1. The third-order valence-corrected chi connectivity index (χ3v) is 9.70. The van der Waals surface area contributed by atoms with Gasteiger partial charge in [-0.2, -0.15) is 0 Å². The van der Waals surface area contributed by atoms with Crippen molar-refractivity contribution < 1.29 is 4.74 Å². The van der Waals surface area contributed by atoms with Crippen molar-refractivity contribution in [3.8, 4) is 0 Å². The number of hydrogen-bond donors (Lipinski definition) is 3. The third kappa shape index (κ3) is 9.83. The molecule has 8 nitrogen and oxygen atoms in total. The first-order valence-corrected chi connectivity index (χ1v) is 17.8. The molecular formula is C38H63N7O. The molecule has 46 heavy (non-hydrogen) atoms. The first-order valence-electron chi connectivity index (χ1n) is 17.8. The standard InChI is InChI=1S/C38H63N7O/c1-10-12-14-32-41-33-30-26-29(15-16-31(30)40-35(39)34(33)42-32)45-24-22-44(23-25-45)21-18-28(43-37(5,6)19-13-11-2)17-20-36(3,4)27-38(7,8)46-9/h15-17,26,43H,10-14,18-25,27H2,1-9H3,(H2,39,40)(H,41,42)/b28-17-. The molecule has 1 aliphatic heterocycles. The molecule has 0 amide bonds. The van der Waals surface area contributed by atoms with Crippen LogP contribution in [0.1, 0.15) is 113 Å². The molecule has 0 saturated carbocycles. The van der Waals surface area contributed by atoms with E-state index in [-0.39, 0.29) is 16.6 Å². The molecule has 0 spiro atoms. The van der Waals surface area contributed by atoms with E-state index >= 15 is 0 Å². The maximum Gasteiger partial charge on any atom is 0.150 e. The van der Waals surface area contributed by atoms with Crippen LogP contribution in [0.2, 0.25) is 0 Å². The number of nitrogens with one attached hydrogen (secondary N) is 2. The number of aromatic nitrogens is 3. The molecule has 256 valence electrons. The number of piperazine rings is 1. The fourth-order valence-electron chi connectivity index (χ4n) is 6.99. The van der Waals surface area contributed by atoms with Crippen LogP contribution in [0.25, 0.3) is 21.9 Å². The normalized spacial score (nSPS) is 15.8. The van der Waals surface area contributed by atoms with Crippen molar-refractivity contribution in [2.75, 3.05) is 50.5 Å². The summed E-state index contributed by atoms with van der Waals surface area (Å²) in [4.78, 5) is 18.2. The number of H-pyrrole nitrogens is 1. The van der Waals surface area contributed by atoms with E-state index in [1.54, 1.807) is 0 Å². The van der Waals surface area contributed by atoms with Gasteiger partial charge in [0, 0.05) is 68.6 Å². The van der Waals surface area contributed by atoms with E-state index < -0.39 is 0 Å². The maximum atomic E-state index is 6.32. The van der Waals surface area contributed by atoms with E-state index in [0.717, 1.165) is 99.0 Å². The number of benzene rings is 1. The Hall–Kier alpha value is -2.84. The van der Waals surface area contributed by atoms with Crippen LogP contribution in [0.5, 0.6) is 0 Å². The Morgan fingerprint density at radius 1 is 1.02 bits per heavy atom. The van der Waals surface area contributed by atoms with E-state index in [2.05, 4.69) is 99.8 Å². The molecule has 0 radical (unpaired) electrons. The Labute approximate surface area is 278 Å². The Morgan fingerprint density at radius 3 is 2.41 bits per heavy atom. The highest BCUT2D eigenvalue weighted by atomic mass is 16.5. The van der Waals surface area contributed by atoms with Crippen LogP contribution in [0.15, 0.2) is 30.0 Å². The summed E-state index contributed by atoms with van der Waals surface area (Å²) in [5.41, 5.74) is 11.8. The minimum Gasteiger partial charge on any atom is -0.384 e. The second-order valence-corrected chi connectivity index (χ2v) is 15.6. The van der Waals surface area contributed by atoms with Crippen molar-refractivity contribution in [3.05, 3.63) is 35.8 Å².